The summed E-state index contributed by atoms with van der Waals surface area (Å²) in [6, 6.07) is 0. The maximum absolute atomic E-state index is 12.1. The number of carbonyl (C=O) groups is 1. The second-order valence-electron chi connectivity index (χ2n) is 5.87. The van der Waals surface area contributed by atoms with E-state index in [1.165, 1.54) is 4.90 Å². The summed E-state index contributed by atoms with van der Waals surface area (Å²) in [6.07, 6.45) is 1.95. The van der Waals surface area contributed by atoms with E-state index in [0.29, 0.717) is 31.4 Å². The van der Waals surface area contributed by atoms with Crippen LogP contribution in [-0.4, -0.2) is 60.9 Å². The average molecular weight is 329 g/mol. The van der Waals surface area contributed by atoms with Crippen LogP contribution in [0, 0.1) is 0 Å². The van der Waals surface area contributed by atoms with Gasteiger partial charge >= 0.3 is 0 Å². The summed E-state index contributed by atoms with van der Waals surface area (Å²) in [7, 11) is -3.62. The number of hydrogen-bond acceptors (Lipinski definition) is 7. The molecule has 1 saturated carbocycles. The average Bonchev–Trinajstić information content (AvgIpc) is 3.19. The van der Waals surface area contributed by atoms with E-state index in [4.69, 9.17) is 9.26 Å². The summed E-state index contributed by atoms with van der Waals surface area (Å²) in [6.45, 7) is 3.12. The SMILES string of the molecule is C[C@H]1CN(C(=O)CS(=O)(=O)Cc2nc(C3CC3)no2)CCO1. The van der Waals surface area contributed by atoms with E-state index in [1.807, 2.05) is 6.92 Å². The fourth-order valence-corrected chi connectivity index (χ4v) is 3.55. The number of morpholine rings is 1. The van der Waals surface area contributed by atoms with Gasteiger partial charge in [0.25, 0.3) is 0 Å². The van der Waals surface area contributed by atoms with Crippen LogP contribution in [0.4, 0.5) is 0 Å². The minimum Gasteiger partial charge on any atom is -0.375 e. The second-order valence-corrected chi connectivity index (χ2v) is 7.94. The molecule has 1 amide bonds. The topological polar surface area (TPSA) is 103 Å². The molecule has 1 aromatic rings. The third kappa shape index (κ3) is 3.83. The molecule has 9 heteroatoms. The van der Waals surface area contributed by atoms with E-state index < -0.39 is 27.3 Å². The van der Waals surface area contributed by atoms with E-state index >= 15 is 0 Å². The highest BCUT2D eigenvalue weighted by Crippen LogP contribution is 2.38. The highest BCUT2D eigenvalue weighted by atomic mass is 32.2. The Morgan fingerprint density at radius 3 is 2.86 bits per heavy atom. The molecule has 1 atom stereocenters. The van der Waals surface area contributed by atoms with Crippen molar-refractivity contribution in [3.8, 4) is 0 Å². The number of carbonyl (C=O) groups excluding carboxylic acids is 1. The van der Waals surface area contributed by atoms with Crippen LogP contribution in [0.25, 0.3) is 0 Å². The third-order valence-electron chi connectivity index (χ3n) is 3.71. The standard InChI is InChI=1S/C13H19N3O5S/c1-9-6-16(4-5-20-9)12(17)8-22(18,19)7-11-14-13(15-21-11)10-2-3-10/h9-10H,2-8H2,1H3/t9-/m0/s1. The van der Waals surface area contributed by atoms with Crippen molar-refractivity contribution in [2.75, 3.05) is 25.4 Å². The zero-order chi connectivity index (χ0) is 15.7. The van der Waals surface area contributed by atoms with Crippen LogP contribution in [0.15, 0.2) is 4.52 Å². The number of rotatable bonds is 5. The highest BCUT2D eigenvalue weighted by Gasteiger charge is 2.31. The molecule has 1 aliphatic heterocycles. The first-order valence-corrected chi connectivity index (χ1v) is 9.17. The van der Waals surface area contributed by atoms with Gasteiger partial charge in [0, 0.05) is 19.0 Å². The maximum Gasteiger partial charge on any atom is 0.241 e. The molecular formula is C13H19N3O5S. The molecule has 1 aliphatic carbocycles. The van der Waals surface area contributed by atoms with Crippen LogP contribution in [0.1, 0.15) is 37.4 Å². The Kier molecular flexibility index (Phi) is 4.18. The van der Waals surface area contributed by atoms with Crippen molar-refractivity contribution >= 4 is 15.7 Å². The lowest BCUT2D eigenvalue weighted by atomic mass is 10.3. The maximum atomic E-state index is 12.1. The molecule has 2 heterocycles. The predicted octanol–water partition coefficient (Wildman–Crippen LogP) is 0.109. The lowest BCUT2D eigenvalue weighted by Crippen LogP contribution is -2.46. The van der Waals surface area contributed by atoms with E-state index in [1.54, 1.807) is 0 Å². The molecule has 2 fully saturated rings. The molecule has 0 aromatic carbocycles. The summed E-state index contributed by atoms with van der Waals surface area (Å²) in [5, 5.41) is 3.78. The van der Waals surface area contributed by atoms with E-state index in [2.05, 4.69) is 10.1 Å². The summed E-state index contributed by atoms with van der Waals surface area (Å²) in [5.74, 6) is -0.406. The summed E-state index contributed by atoms with van der Waals surface area (Å²) >= 11 is 0. The summed E-state index contributed by atoms with van der Waals surface area (Å²) in [5.41, 5.74) is 0. The molecule has 2 aliphatic rings. The van der Waals surface area contributed by atoms with Gasteiger partial charge in [0.1, 0.15) is 11.5 Å². The van der Waals surface area contributed by atoms with E-state index in [0.717, 1.165) is 12.8 Å². The van der Waals surface area contributed by atoms with Crippen LogP contribution < -0.4 is 0 Å². The fraction of sp³-hybridized carbons (Fsp3) is 0.769. The number of hydrogen-bond donors (Lipinski definition) is 0. The minimum absolute atomic E-state index is 0.0602. The van der Waals surface area contributed by atoms with Crippen LogP contribution >= 0.6 is 0 Å². The fourth-order valence-electron chi connectivity index (χ4n) is 2.40. The second kappa shape index (κ2) is 5.96. The summed E-state index contributed by atoms with van der Waals surface area (Å²) in [4.78, 5) is 17.7. The Morgan fingerprint density at radius 2 is 2.18 bits per heavy atom. The Balaban J connectivity index is 1.58. The van der Waals surface area contributed by atoms with Crippen LogP contribution in [0.2, 0.25) is 0 Å². The zero-order valence-corrected chi connectivity index (χ0v) is 13.2. The lowest BCUT2D eigenvalue weighted by Gasteiger charge is -2.31. The molecular weight excluding hydrogens is 310 g/mol. The predicted molar refractivity (Wildman–Crippen MR) is 75.8 cm³/mol. The molecule has 8 nitrogen and oxygen atoms in total. The van der Waals surface area contributed by atoms with Gasteiger partial charge in [-0.1, -0.05) is 5.16 Å². The van der Waals surface area contributed by atoms with Gasteiger partial charge in [-0.15, -0.1) is 0 Å². The summed E-state index contributed by atoms with van der Waals surface area (Å²) < 4.78 is 34.5. The van der Waals surface area contributed by atoms with Crippen LogP contribution in [0.5, 0.6) is 0 Å². The number of ether oxygens (including phenoxy) is 1. The molecule has 0 spiro atoms. The normalized spacial score (nSPS) is 22.8. The Hall–Kier alpha value is -1.48. The Bertz CT molecular complexity index is 652. The molecule has 0 bridgehead atoms. The minimum atomic E-state index is -3.62. The van der Waals surface area contributed by atoms with E-state index in [9.17, 15) is 13.2 Å². The van der Waals surface area contributed by atoms with Crippen molar-refractivity contribution in [2.24, 2.45) is 0 Å². The van der Waals surface area contributed by atoms with Crippen molar-refractivity contribution in [3.63, 3.8) is 0 Å². The number of sulfone groups is 1. The van der Waals surface area contributed by atoms with Gasteiger partial charge in [-0.25, -0.2) is 8.42 Å². The molecule has 122 valence electrons. The molecule has 22 heavy (non-hydrogen) atoms. The van der Waals surface area contributed by atoms with Crippen molar-refractivity contribution in [2.45, 2.75) is 37.5 Å². The zero-order valence-electron chi connectivity index (χ0n) is 12.4. The Morgan fingerprint density at radius 1 is 1.41 bits per heavy atom. The van der Waals surface area contributed by atoms with Crippen molar-refractivity contribution in [3.05, 3.63) is 11.7 Å². The quantitative estimate of drug-likeness (QED) is 0.755. The lowest BCUT2D eigenvalue weighted by molar-refractivity contribution is -0.135. The van der Waals surface area contributed by atoms with Gasteiger partial charge in [-0.05, 0) is 19.8 Å². The first-order chi connectivity index (χ1) is 10.4. The molecule has 0 radical (unpaired) electrons. The molecule has 0 N–H and O–H groups in total. The molecule has 3 rings (SSSR count). The van der Waals surface area contributed by atoms with Crippen molar-refractivity contribution in [1.82, 2.24) is 15.0 Å². The number of aromatic nitrogens is 2. The van der Waals surface area contributed by atoms with Gasteiger partial charge in [0.2, 0.25) is 11.8 Å². The molecule has 1 aromatic heterocycles. The van der Waals surface area contributed by atoms with Gasteiger partial charge in [-0.2, -0.15) is 4.98 Å². The monoisotopic (exact) mass is 329 g/mol. The molecule has 0 unspecified atom stereocenters. The Labute approximate surface area is 128 Å². The van der Waals surface area contributed by atoms with Crippen molar-refractivity contribution < 1.29 is 22.5 Å². The van der Waals surface area contributed by atoms with Crippen LogP contribution in [-0.2, 0) is 25.1 Å². The smallest absolute Gasteiger partial charge is 0.241 e. The molecule has 1 saturated heterocycles. The third-order valence-corrected chi connectivity index (χ3v) is 5.08. The highest BCUT2D eigenvalue weighted by molar-refractivity contribution is 7.91. The number of amides is 1. The van der Waals surface area contributed by atoms with Gasteiger partial charge in [0.05, 0.1) is 12.7 Å². The van der Waals surface area contributed by atoms with Crippen molar-refractivity contribution in [1.29, 1.82) is 0 Å². The first-order valence-electron chi connectivity index (χ1n) is 7.35. The van der Waals surface area contributed by atoms with Crippen LogP contribution in [0.3, 0.4) is 0 Å². The van der Waals surface area contributed by atoms with Gasteiger partial charge in [-0.3, -0.25) is 4.79 Å². The van der Waals surface area contributed by atoms with Gasteiger partial charge < -0.3 is 14.2 Å². The van der Waals surface area contributed by atoms with Gasteiger partial charge in [0.15, 0.2) is 15.7 Å². The first kappa shape index (κ1) is 15.4. The largest absolute Gasteiger partial charge is 0.375 e. The van der Waals surface area contributed by atoms with E-state index in [-0.39, 0.29) is 12.0 Å². The number of nitrogens with zero attached hydrogens (tertiary/aromatic N) is 3.